The van der Waals surface area contributed by atoms with Crippen molar-refractivity contribution >= 4 is 29.7 Å². The van der Waals surface area contributed by atoms with Crippen LogP contribution >= 0.6 is 0 Å². The Morgan fingerprint density at radius 2 is 2.13 bits per heavy atom. The second kappa shape index (κ2) is 8.93. The van der Waals surface area contributed by atoms with Crippen LogP contribution in [0.2, 0.25) is 0 Å². The van der Waals surface area contributed by atoms with E-state index in [1.54, 1.807) is 0 Å². The molecule has 3 rings (SSSR count). The van der Waals surface area contributed by atoms with Gasteiger partial charge < -0.3 is 26.0 Å². The zero-order chi connectivity index (χ0) is 21.8. The fraction of sp³-hybridized carbons (Fsp3) is 0.556. The van der Waals surface area contributed by atoms with Crippen molar-refractivity contribution in [1.82, 2.24) is 25.1 Å². The Labute approximate surface area is 172 Å². The normalized spacial score (nSPS) is 21.8. The highest BCUT2D eigenvalue weighted by atomic mass is 16.5. The Hall–Kier alpha value is -3.44. The summed E-state index contributed by atoms with van der Waals surface area (Å²) < 4.78 is 5.72. The second-order valence-corrected chi connectivity index (χ2v) is 7.26. The minimum absolute atomic E-state index is 0.0167. The van der Waals surface area contributed by atoms with Gasteiger partial charge in [-0.2, -0.15) is 0 Å². The molecule has 2 aliphatic heterocycles. The molecule has 0 radical (unpaired) electrons. The highest BCUT2D eigenvalue weighted by Crippen LogP contribution is 2.19. The van der Waals surface area contributed by atoms with Gasteiger partial charge in [-0.25, -0.2) is 14.3 Å². The molecule has 1 aromatic heterocycles. The Bertz CT molecular complexity index is 867. The molecule has 12 nitrogen and oxygen atoms in total. The average molecular weight is 420 g/mol. The molecule has 0 bridgehead atoms. The minimum Gasteiger partial charge on any atom is -0.452 e. The summed E-state index contributed by atoms with van der Waals surface area (Å²) >= 11 is 0. The summed E-state index contributed by atoms with van der Waals surface area (Å²) in [4.78, 5) is 65.9. The monoisotopic (exact) mass is 420 g/mol. The first-order valence-corrected chi connectivity index (χ1v) is 9.61. The van der Waals surface area contributed by atoms with Crippen molar-refractivity contribution in [3.05, 3.63) is 18.2 Å². The van der Waals surface area contributed by atoms with Gasteiger partial charge in [0.1, 0.15) is 24.5 Å². The topological polar surface area (TPSA) is 166 Å². The molecule has 1 aromatic rings. The van der Waals surface area contributed by atoms with Gasteiger partial charge in [0.15, 0.2) is 0 Å². The van der Waals surface area contributed by atoms with Crippen molar-refractivity contribution in [3.8, 4) is 0 Å². The van der Waals surface area contributed by atoms with Crippen LogP contribution in [0.3, 0.4) is 0 Å². The fourth-order valence-electron chi connectivity index (χ4n) is 3.69. The van der Waals surface area contributed by atoms with Gasteiger partial charge in [-0.05, 0) is 19.3 Å². The molecule has 2 fully saturated rings. The molecule has 4 N–H and O–H groups in total. The maximum absolute atomic E-state index is 13.2. The molecule has 30 heavy (non-hydrogen) atoms. The number of hydrogen-bond acceptors (Lipinski definition) is 7. The Balaban J connectivity index is 1.78. The molecule has 4 amide bonds. The number of nitrogens with one attached hydrogen (secondary N) is 2. The quantitative estimate of drug-likeness (QED) is 0.492. The fourth-order valence-corrected chi connectivity index (χ4v) is 3.69. The molecule has 0 spiro atoms. The molecule has 0 saturated carbocycles. The number of rotatable bonds is 6. The first kappa shape index (κ1) is 21.3. The van der Waals surface area contributed by atoms with Crippen LogP contribution < -0.4 is 16.4 Å². The lowest BCUT2D eigenvalue weighted by atomic mass is 10.1. The summed E-state index contributed by atoms with van der Waals surface area (Å²) in [5.74, 6) is -1.81. The number of nitrogens with two attached hydrogens (primary N) is 1. The van der Waals surface area contributed by atoms with Crippen LogP contribution in [0, 0.1) is 0 Å². The van der Waals surface area contributed by atoms with Crippen LogP contribution in [0.5, 0.6) is 0 Å². The Kier molecular flexibility index (Phi) is 6.33. The van der Waals surface area contributed by atoms with Crippen molar-refractivity contribution in [1.29, 1.82) is 0 Å². The van der Waals surface area contributed by atoms with Crippen molar-refractivity contribution < 1.29 is 28.7 Å². The smallest absolute Gasteiger partial charge is 0.418 e. The molecule has 0 unspecified atom stereocenters. The average Bonchev–Trinajstić information content (AvgIpc) is 3.46. The largest absolute Gasteiger partial charge is 0.452 e. The third kappa shape index (κ3) is 4.58. The molecule has 0 aromatic carbocycles. The molecule has 2 aliphatic rings. The first-order valence-electron chi connectivity index (χ1n) is 9.61. The van der Waals surface area contributed by atoms with E-state index in [9.17, 15) is 24.0 Å². The molecule has 3 atom stereocenters. The van der Waals surface area contributed by atoms with E-state index in [1.807, 2.05) is 0 Å². The molecule has 3 heterocycles. The molecule has 12 heteroatoms. The third-order valence-corrected chi connectivity index (χ3v) is 5.23. The summed E-state index contributed by atoms with van der Waals surface area (Å²) in [5.41, 5.74) is 5.78. The molecule has 162 valence electrons. The van der Waals surface area contributed by atoms with Crippen LogP contribution in [0.25, 0.3) is 0 Å². The van der Waals surface area contributed by atoms with E-state index in [0.717, 1.165) is 4.57 Å². The number of carbonyl (C=O) groups is 5. The lowest BCUT2D eigenvalue weighted by Gasteiger charge is -2.28. The van der Waals surface area contributed by atoms with Gasteiger partial charge >= 0.3 is 6.09 Å². The maximum Gasteiger partial charge on any atom is 0.418 e. The van der Waals surface area contributed by atoms with Crippen molar-refractivity contribution in [2.24, 2.45) is 5.73 Å². The standard InChI is InChI=1S/C18H24N6O6/c1-30-18(29)23-8-10(20-9-23)7-12(22-16(27)11-4-5-14(25)21-11)17(28)24-6-2-3-13(24)15(19)26/h8-9,11-13H,2-7H2,1H3,(H2,19,26)(H,21,25)(H,22,27)/t11-,12-,13-/m0/s1. The Morgan fingerprint density at radius 3 is 2.77 bits per heavy atom. The molecule has 2 saturated heterocycles. The predicted molar refractivity (Wildman–Crippen MR) is 101 cm³/mol. The number of methoxy groups -OCH3 is 1. The van der Waals surface area contributed by atoms with E-state index in [-0.39, 0.29) is 18.7 Å². The second-order valence-electron chi connectivity index (χ2n) is 7.26. The highest BCUT2D eigenvalue weighted by molar-refractivity contribution is 5.95. The van der Waals surface area contributed by atoms with E-state index in [0.29, 0.717) is 31.5 Å². The summed E-state index contributed by atoms with van der Waals surface area (Å²) in [6.07, 6.45) is 3.61. The van der Waals surface area contributed by atoms with Crippen LogP contribution in [0.1, 0.15) is 31.4 Å². The summed E-state index contributed by atoms with van der Waals surface area (Å²) in [6, 6.07) is -2.52. The van der Waals surface area contributed by atoms with Crippen molar-refractivity contribution in [3.63, 3.8) is 0 Å². The van der Waals surface area contributed by atoms with Gasteiger partial charge in [0.05, 0.1) is 12.8 Å². The number of ether oxygens (including phenoxy) is 1. The number of primary amides is 1. The summed E-state index contributed by atoms with van der Waals surface area (Å²) in [5, 5.41) is 5.21. The number of amides is 4. The number of aromatic nitrogens is 2. The lowest BCUT2D eigenvalue weighted by molar-refractivity contribution is -0.140. The van der Waals surface area contributed by atoms with Crippen molar-refractivity contribution in [2.75, 3.05) is 13.7 Å². The minimum atomic E-state index is -1.05. The lowest BCUT2D eigenvalue weighted by Crippen LogP contribution is -2.56. The Morgan fingerprint density at radius 1 is 1.37 bits per heavy atom. The SMILES string of the molecule is COC(=O)n1cnc(C[C@H](NC(=O)[C@@H]2CCC(=O)N2)C(=O)N2CCC[C@H]2C(N)=O)c1. The van der Waals surface area contributed by atoms with E-state index >= 15 is 0 Å². The van der Waals surface area contributed by atoms with Crippen LogP contribution in [-0.2, 0) is 30.3 Å². The third-order valence-electron chi connectivity index (χ3n) is 5.23. The molecule has 0 aliphatic carbocycles. The van der Waals surface area contributed by atoms with E-state index < -0.39 is 41.9 Å². The van der Waals surface area contributed by atoms with Gasteiger partial charge in [0.25, 0.3) is 0 Å². The molecular weight excluding hydrogens is 396 g/mol. The number of carbonyl (C=O) groups excluding carboxylic acids is 5. The summed E-state index contributed by atoms with van der Waals surface area (Å²) in [7, 11) is 1.22. The van der Waals surface area contributed by atoms with E-state index in [4.69, 9.17) is 5.73 Å². The number of hydrogen-bond donors (Lipinski definition) is 3. The predicted octanol–water partition coefficient (Wildman–Crippen LogP) is -1.72. The highest BCUT2D eigenvalue weighted by Gasteiger charge is 2.38. The van der Waals surface area contributed by atoms with Crippen molar-refractivity contribution in [2.45, 2.75) is 50.2 Å². The van der Waals surface area contributed by atoms with Crippen LogP contribution in [0.4, 0.5) is 4.79 Å². The van der Waals surface area contributed by atoms with E-state index in [1.165, 1.54) is 24.5 Å². The van der Waals surface area contributed by atoms with Crippen LogP contribution in [0.15, 0.2) is 12.5 Å². The van der Waals surface area contributed by atoms with Gasteiger partial charge in [0.2, 0.25) is 23.6 Å². The maximum atomic E-state index is 13.2. The zero-order valence-electron chi connectivity index (χ0n) is 16.5. The first-order chi connectivity index (χ1) is 14.3. The number of nitrogens with zero attached hydrogens (tertiary/aromatic N) is 3. The molecular formula is C18H24N6O6. The number of imidazole rings is 1. The van der Waals surface area contributed by atoms with E-state index in [2.05, 4.69) is 20.4 Å². The van der Waals surface area contributed by atoms with Gasteiger partial charge in [-0.15, -0.1) is 0 Å². The van der Waals surface area contributed by atoms with Gasteiger partial charge in [-0.1, -0.05) is 0 Å². The van der Waals surface area contributed by atoms with Gasteiger partial charge in [-0.3, -0.25) is 19.2 Å². The number of likely N-dealkylation sites (tertiary alicyclic amines) is 1. The summed E-state index contributed by atoms with van der Waals surface area (Å²) in [6.45, 7) is 0.343. The zero-order valence-corrected chi connectivity index (χ0v) is 16.5. The van der Waals surface area contributed by atoms with Crippen LogP contribution in [-0.4, -0.2) is 76.0 Å². The van der Waals surface area contributed by atoms with Gasteiger partial charge in [0, 0.05) is 25.6 Å².